The summed E-state index contributed by atoms with van der Waals surface area (Å²) in [7, 11) is 0. The quantitative estimate of drug-likeness (QED) is 0.872. The van der Waals surface area contributed by atoms with E-state index in [4.69, 9.17) is 5.26 Å². The van der Waals surface area contributed by atoms with E-state index < -0.39 is 0 Å². The number of amides is 1. The Kier molecular flexibility index (Phi) is 5.78. The van der Waals surface area contributed by atoms with Crippen molar-refractivity contribution in [1.29, 1.82) is 5.26 Å². The molecule has 0 aromatic heterocycles. The molecule has 140 valence electrons. The number of hydrogen-bond donors (Lipinski definition) is 2. The van der Waals surface area contributed by atoms with Crippen LogP contribution in [0.25, 0.3) is 0 Å². The highest BCUT2D eigenvalue weighted by Crippen LogP contribution is 2.22. The molecule has 1 heterocycles. The predicted molar refractivity (Wildman–Crippen MR) is 108 cm³/mol. The summed E-state index contributed by atoms with van der Waals surface area (Å²) < 4.78 is 0. The van der Waals surface area contributed by atoms with E-state index in [1.54, 1.807) is 24.3 Å². The van der Waals surface area contributed by atoms with Crippen molar-refractivity contribution in [2.45, 2.75) is 26.8 Å². The van der Waals surface area contributed by atoms with Crippen molar-refractivity contribution in [3.05, 3.63) is 59.2 Å². The standard InChI is InChI=1S/C22H26N4O/c1-16-5-4-6-21(17(16)2)26-13-11-25(12-14-26)18(3)22(27)24-20-9-7-19(15-23)8-10-20/h4-10,18H,11-14H2,1-3H3,(H,24,27)/p+1/t18-/m0/s1. The first-order valence-corrected chi connectivity index (χ1v) is 9.46. The Bertz CT molecular complexity index is 846. The van der Waals surface area contributed by atoms with Crippen LogP contribution in [-0.4, -0.2) is 38.1 Å². The summed E-state index contributed by atoms with van der Waals surface area (Å²) in [5, 5.41) is 11.8. The number of rotatable bonds is 4. The zero-order valence-electron chi connectivity index (χ0n) is 16.2. The molecular formula is C22H27N4O+. The van der Waals surface area contributed by atoms with Gasteiger partial charge in [0, 0.05) is 11.4 Å². The van der Waals surface area contributed by atoms with Crippen molar-refractivity contribution < 1.29 is 9.69 Å². The molecule has 1 aliphatic heterocycles. The summed E-state index contributed by atoms with van der Waals surface area (Å²) in [5.41, 5.74) is 5.29. The summed E-state index contributed by atoms with van der Waals surface area (Å²) in [6, 6.07) is 15.4. The van der Waals surface area contributed by atoms with Gasteiger partial charge in [-0.05, 0) is 62.2 Å². The number of hydrogen-bond acceptors (Lipinski definition) is 3. The molecule has 0 spiro atoms. The van der Waals surface area contributed by atoms with Gasteiger partial charge in [0.05, 0.1) is 37.8 Å². The zero-order valence-corrected chi connectivity index (χ0v) is 16.2. The molecule has 1 aliphatic rings. The van der Waals surface area contributed by atoms with E-state index in [9.17, 15) is 4.79 Å². The lowest BCUT2D eigenvalue weighted by molar-refractivity contribution is -0.914. The van der Waals surface area contributed by atoms with Gasteiger partial charge in [0.1, 0.15) is 0 Å². The molecule has 1 saturated heterocycles. The summed E-state index contributed by atoms with van der Waals surface area (Å²) in [6.45, 7) is 10.1. The highest BCUT2D eigenvalue weighted by Gasteiger charge is 2.29. The molecular weight excluding hydrogens is 336 g/mol. The number of aryl methyl sites for hydroxylation is 1. The highest BCUT2D eigenvalue weighted by molar-refractivity contribution is 5.93. The molecule has 5 heteroatoms. The Morgan fingerprint density at radius 2 is 1.81 bits per heavy atom. The number of anilines is 2. The Labute approximate surface area is 161 Å². The first kappa shape index (κ1) is 18.9. The summed E-state index contributed by atoms with van der Waals surface area (Å²) >= 11 is 0. The zero-order chi connectivity index (χ0) is 19.4. The van der Waals surface area contributed by atoms with Gasteiger partial charge in [-0.3, -0.25) is 4.79 Å². The van der Waals surface area contributed by atoms with Gasteiger partial charge in [-0.25, -0.2) is 0 Å². The number of quaternary nitrogens is 1. The minimum absolute atomic E-state index is 0.0230. The third-order valence-electron chi connectivity index (χ3n) is 5.61. The van der Waals surface area contributed by atoms with Gasteiger partial charge in [0.25, 0.3) is 5.91 Å². The van der Waals surface area contributed by atoms with E-state index in [1.165, 1.54) is 21.7 Å². The Balaban J connectivity index is 1.57. The maximum Gasteiger partial charge on any atom is 0.282 e. The molecule has 2 N–H and O–H groups in total. The van der Waals surface area contributed by atoms with Crippen molar-refractivity contribution in [3.63, 3.8) is 0 Å². The third-order valence-corrected chi connectivity index (χ3v) is 5.61. The van der Waals surface area contributed by atoms with E-state index >= 15 is 0 Å². The van der Waals surface area contributed by atoms with Crippen molar-refractivity contribution in [2.24, 2.45) is 0 Å². The van der Waals surface area contributed by atoms with E-state index in [0.717, 1.165) is 31.9 Å². The molecule has 0 saturated carbocycles. The third kappa shape index (κ3) is 4.29. The van der Waals surface area contributed by atoms with Crippen LogP contribution in [0.2, 0.25) is 0 Å². The molecule has 1 amide bonds. The molecule has 3 rings (SSSR count). The molecule has 2 aromatic rings. The van der Waals surface area contributed by atoms with Crippen LogP contribution in [0.1, 0.15) is 23.6 Å². The molecule has 2 aromatic carbocycles. The van der Waals surface area contributed by atoms with Crippen LogP contribution >= 0.6 is 0 Å². The monoisotopic (exact) mass is 363 g/mol. The van der Waals surface area contributed by atoms with Crippen molar-refractivity contribution in [1.82, 2.24) is 0 Å². The number of nitrogens with one attached hydrogen (secondary N) is 2. The van der Waals surface area contributed by atoms with Crippen LogP contribution in [0.5, 0.6) is 0 Å². The second-order valence-corrected chi connectivity index (χ2v) is 7.26. The normalized spacial score (nSPS) is 15.9. The highest BCUT2D eigenvalue weighted by atomic mass is 16.2. The van der Waals surface area contributed by atoms with E-state index in [0.29, 0.717) is 5.56 Å². The van der Waals surface area contributed by atoms with Crippen LogP contribution in [-0.2, 0) is 4.79 Å². The average Bonchev–Trinajstić information content (AvgIpc) is 2.70. The first-order chi connectivity index (χ1) is 13.0. The second kappa shape index (κ2) is 8.24. The van der Waals surface area contributed by atoms with E-state index in [2.05, 4.69) is 48.3 Å². The van der Waals surface area contributed by atoms with Crippen LogP contribution in [0, 0.1) is 25.2 Å². The minimum atomic E-state index is -0.110. The molecule has 0 aliphatic carbocycles. The van der Waals surface area contributed by atoms with Gasteiger partial charge < -0.3 is 15.1 Å². The Morgan fingerprint density at radius 3 is 2.44 bits per heavy atom. The predicted octanol–water partition coefficient (Wildman–Crippen LogP) is 1.91. The van der Waals surface area contributed by atoms with Gasteiger partial charge in [-0.1, -0.05) is 12.1 Å². The summed E-state index contributed by atoms with van der Waals surface area (Å²) in [6.07, 6.45) is 0. The van der Waals surface area contributed by atoms with Gasteiger partial charge >= 0.3 is 0 Å². The lowest BCUT2D eigenvalue weighted by Crippen LogP contribution is -3.19. The number of benzene rings is 2. The fourth-order valence-electron chi connectivity index (χ4n) is 3.61. The lowest BCUT2D eigenvalue weighted by Gasteiger charge is -2.36. The maximum absolute atomic E-state index is 12.6. The number of carbonyl (C=O) groups is 1. The number of nitriles is 1. The molecule has 0 unspecified atom stereocenters. The van der Waals surface area contributed by atoms with E-state index in [1.807, 2.05) is 6.92 Å². The molecule has 27 heavy (non-hydrogen) atoms. The van der Waals surface area contributed by atoms with Gasteiger partial charge in [0.15, 0.2) is 6.04 Å². The SMILES string of the molecule is Cc1cccc(N2CC[NH+]([C@@H](C)C(=O)Nc3ccc(C#N)cc3)CC2)c1C. The maximum atomic E-state index is 12.6. The summed E-state index contributed by atoms with van der Waals surface area (Å²) in [4.78, 5) is 16.3. The van der Waals surface area contributed by atoms with Gasteiger partial charge in [0.2, 0.25) is 0 Å². The summed E-state index contributed by atoms with van der Waals surface area (Å²) in [5.74, 6) is 0.0230. The van der Waals surface area contributed by atoms with Crippen LogP contribution in [0.15, 0.2) is 42.5 Å². The van der Waals surface area contributed by atoms with Crippen LogP contribution in [0.3, 0.4) is 0 Å². The first-order valence-electron chi connectivity index (χ1n) is 9.46. The smallest absolute Gasteiger partial charge is 0.282 e. The second-order valence-electron chi connectivity index (χ2n) is 7.26. The van der Waals surface area contributed by atoms with Gasteiger partial charge in [-0.15, -0.1) is 0 Å². The number of carbonyl (C=O) groups excluding carboxylic acids is 1. The fourth-order valence-corrected chi connectivity index (χ4v) is 3.61. The van der Waals surface area contributed by atoms with E-state index in [-0.39, 0.29) is 11.9 Å². The van der Waals surface area contributed by atoms with Crippen LogP contribution < -0.4 is 15.1 Å². The fraction of sp³-hybridized carbons (Fsp3) is 0.364. The molecule has 5 nitrogen and oxygen atoms in total. The topological polar surface area (TPSA) is 60.6 Å². The number of piperazine rings is 1. The average molecular weight is 363 g/mol. The van der Waals surface area contributed by atoms with Gasteiger partial charge in [-0.2, -0.15) is 5.26 Å². The van der Waals surface area contributed by atoms with Crippen molar-refractivity contribution in [2.75, 3.05) is 36.4 Å². The van der Waals surface area contributed by atoms with Crippen molar-refractivity contribution >= 4 is 17.3 Å². The molecule has 0 bridgehead atoms. The van der Waals surface area contributed by atoms with Crippen molar-refractivity contribution in [3.8, 4) is 6.07 Å². The van der Waals surface area contributed by atoms with Crippen LogP contribution in [0.4, 0.5) is 11.4 Å². The molecule has 1 atom stereocenters. The number of nitrogens with zero attached hydrogens (tertiary/aromatic N) is 2. The Hall–Kier alpha value is -2.84. The molecule has 0 radical (unpaired) electrons. The minimum Gasteiger partial charge on any atom is -0.360 e. The Morgan fingerprint density at radius 1 is 1.15 bits per heavy atom. The lowest BCUT2D eigenvalue weighted by atomic mass is 10.1. The molecule has 1 fully saturated rings. The largest absolute Gasteiger partial charge is 0.360 e.